The van der Waals surface area contributed by atoms with Gasteiger partial charge in [0.15, 0.2) is 0 Å². The molecular weight excluding hydrogens is 360 g/mol. The molecule has 0 N–H and O–H groups in total. The first-order valence-electron chi connectivity index (χ1n) is 10.1. The minimum absolute atomic E-state index is 0.217. The summed E-state index contributed by atoms with van der Waals surface area (Å²) in [7, 11) is 0. The van der Waals surface area contributed by atoms with Crippen LogP contribution in [0.2, 0.25) is 0 Å². The Balaban J connectivity index is 1.39. The molecule has 6 heteroatoms. The Morgan fingerprint density at radius 3 is 1.36 bits per heavy atom. The van der Waals surface area contributed by atoms with Gasteiger partial charge in [0.05, 0.1) is 38.6 Å². The van der Waals surface area contributed by atoms with Gasteiger partial charge in [0.1, 0.15) is 36.9 Å². The van der Waals surface area contributed by atoms with Crippen molar-refractivity contribution in [3.63, 3.8) is 0 Å². The Bertz CT molecular complexity index is 807. The standard InChI is InChI=1S/C22H24O6/c1-3-19-20(21(27-11-17-9-25-17)13(1)5-15-7-23-15)4-2-14(6-16-8-24-16)22(19)28-12-18-10-26-18/h1-4,15-18H,5-12H2. The average Bonchev–Trinajstić information content (AvgIpc) is 3.55. The van der Waals surface area contributed by atoms with Crippen molar-refractivity contribution in [1.29, 1.82) is 0 Å². The Morgan fingerprint density at radius 1 is 0.607 bits per heavy atom. The molecule has 6 nitrogen and oxygen atoms in total. The maximum atomic E-state index is 6.24. The molecule has 4 fully saturated rings. The van der Waals surface area contributed by atoms with Gasteiger partial charge in [-0.05, 0) is 11.1 Å². The van der Waals surface area contributed by atoms with Crippen LogP contribution in [-0.2, 0) is 31.8 Å². The summed E-state index contributed by atoms with van der Waals surface area (Å²) < 4.78 is 34.1. The highest BCUT2D eigenvalue weighted by molar-refractivity contribution is 5.95. The van der Waals surface area contributed by atoms with Crippen LogP contribution in [0.1, 0.15) is 11.1 Å². The first kappa shape index (κ1) is 17.0. The van der Waals surface area contributed by atoms with E-state index in [0.29, 0.717) is 25.4 Å². The third-order valence-corrected chi connectivity index (χ3v) is 5.60. The van der Waals surface area contributed by atoms with Gasteiger partial charge in [-0.1, -0.05) is 24.3 Å². The maximum Gasteiger partial charge on any atom is 0.130 e. The fourth-order valence-corrected chi connectivity index (χ4v) is 3.65. The van der Waals surface area contributed by atoms with Crippen LogP contribution in [0.15, 0.2) is 24.3 Å². The number of hydrogen-bond acceptors (Lipinski definition) is 6. The fraction of sp³-hybridized carbons (Fsp3) is 0.545. The van der Waals surface area contributed by atoms with Gasteiger partial charge in [0, 0.05) is 23.6 Å². The van der Waals surface area contributed by atoms with Crippen molar-refractivity contribution in [2.45, 2.75) is 37.3 Å². The molecule has 4 atom stereocenters. The molecule has 28 heavy (non-hydrogen) atoms. The van der Waals surface area contributed by atoms with Gasteiger partial charge in [0.2, 0.25) is 0 Å². The minimum atomic E-state index is 0.217. The molecule has 6 rings (SSSR count). The van der Waals surface area contributed by atoms with Crippen molar-refractivity contribution in [2.24, 2.45) is 0 Å². The van der Waals surface area contributed by atoms with Gasteiger partial charge in [-0.2, -0.15) is 0 Å². The summed E-state index contributed by atoms with van der Waals surface area (Å²) in [5.74, 6) is 1.87. The monoisotopic (exact) mass is 384 g/mol. The number of rotatable bonds is 10. The van der Waals surface area contributed by atoms with Crippen molar-refractivity contribution < 1.29 is 28.4 Å². The summed E-state index contributed by atoms with van der Waals surface area (Å²) in [6.45, 7) is 4.40. The summed E-state index contributed by atoms with van der Waals surface area (Å²) in [6.07, 6.45) is 2.81. The summed E-state index contributed by atoms with van der Waals surface area (Å²) in [5, 5.41) is 2.18. The highest BCUT2D eigenvalue weighted by atomic mass is 16.6. The van der Waals surface area contributed by atoms with Crippen molar-refractivity contribution in [2.75, 3.05) is 39.6 Å². The second kappa shape index (κ2) is 6.88. The smallest absolute Gasteiger partial charge is 0.130 e. The maximum absolute atomic E-state index is 6.24. The molecule has 0 spiro atoms. The van der Waals surface area contributed by atoms with Gasteiger partial charge >= 0.3 is 0 Å². The molecule has 2 aromatic rings. The van der Waals surface area contributed by atoms with E-state index in [1.807, 2.05) is 0 Å². The zero-order valence-corrected chi connectivity index (χ0v) is 15.7. The normalized spacial score (nSPS) is 29.6. The van der Waals surface area contributed by atoms with E-state index in [2.05, 4.69) is 24.3 Å². The van der Waals surface area contributed by atoms with E-state index in [4.69, 9.17) is 28.4 Å². The van der Waals surface area contributed by atoms with E-state index in [0.717, 1.165) is 61.5 Å². The van der Waals surface area contributed by atoms with E-state index < -0.39 is 0 Å². The topological polar surface area (TPSA) is 68.6 Å². The molecule has 4 aliphatic rings. The first-order valence-corrected chi connectivity index (χ1v) is 10.1. The van der Waals surface area contributed by atoms with Crippen LogP contribution in [0, 0.1) is 0 Å². The molecule has 0 saturated carbocycles. The van der Waals surface area contributed by atoms with Gasteiger partial charge < -0.3 is 28.4 Å². The molecule has 0 aromatic heterocycles. The third-order valence-electron chi connectivity index (χ3n) is 5.60. The van der Waals surface area contributed by atoms with Crippen LogP contribution in [-0.4, -0.2) is 64.1 Å². The van der Waals surface area contributed by atoms with Crippen LogP contribution in [0.4, 0.5) is 0 Å². The second-order valence-electron chi connectivity index (χ2n) is 8.05. The van der Waals surface area contributed by atoms with Crippen molar-refractivity contribution in [3.05, 3.63) is 35.4 Å². The number of epoxide rings is 4. The minimum Gasteiger partial charge on any atom is -0.490 e. The van der Waals surface area contributed by atoms with Crippen molar-refractivity contribution >= 4 is 10.8 Å². The predicted molar refractivity (Wildman–Crippen MR) is 101 cm³/mol. The van der Waals surface area contributed by atoms with Crippen LogP contribution in [0.3, 0.4) is 0 Å². The molecule has 0 amide bonds. The van der Waals surface area contributed by atoms with Gasteiger partial charge in [-0.3, -0.25) is 0 Å². The lowest BCUT2D eigenvalue weighted by atomic mass is 9.97. The Hall–Kier alpha value is -1.86. The number of hydrogen-bond donors (Lipinski definition) is 0. The summed E-state index contributed by atoms with van der Waals surface area (Å²) in [4.78, 5) is 0. The molecule has 148 valence electrons. The highest BCUT2D eigenvalue weighted by Gasteiger charge is 2.30. The molecule has 0 radical (unpaired) electrons. The molecule has 4 aliphatic heterocycles. The summed E-state index contributed by atoms with van der Waals surface area (Å²) in [5.41, 5.74) is 2.37. The lowest BCUT2D eigenvalue weighted by Crippen LogP contribution is -2.10. The molecule has 0 bridgehead atoms. The molecule has 4 heterocycles. The largest absolute Gasteiger partial charge is 0.490 e. The molecule has 4 unspecified atom stereocenters. The van der Waals surface area contributed by atoms with Crippen LogP contribution >= 0.6 is 0 Å². The molecular formula is C22H24O6. The van der Waals surface area contributed by atoms with E-state index in [9.17, 15) is 0 Å². The van der Waals surface area contributed by atoms with Crippen molar-refractivity contribution in [1.82, 2.24) is 0 Å². The first-order chi connectivity index (χ1) is 13.8. The van der Waals surface area contributed by atoms with Gasteiger partial charge in [-0.25, -0.2) is 0 Å². The summed E-state index contributed by atoms with van der Waals surface area (Å²) >= 11 is 0. The zero-order chi connectivity index (χ0) is 18.5. The quantitative estimate of drug-likeness (QED) is 0.586. The predicted octanol–water partition coefficient (Wildman–Crippen LogP) is 2.28. The fourth-order valence-electron chi connectivity index (χ4n) is 3.65. The number of ether oxygens (including phenoxy) is 6. The van der Waals surface area contributed by atoms with Crippen molar-refractivity contribution in [3.8, 4) is 11.5 Å². The molecule has 2 aromatic carbocycles. The number of fused-ring (bicyclic) bond motifs is 1. The third kappa shape index (κ3) is 3.82. The molecule has 0 aliphatic carbocycles. The highest BCUT2D eigenvalue weighted by Crippen LogP contribution is 2.40. The SMILES string of the molecule is c1cc2c(OCC3CO3)c(CC3CO3)ccc2c(OCC2CO2)c1CC1CO1. The second-order valence-corrected chi connectivity index (χ2v) is 8.05. The summed E-state index contributed by atoms with van der Waals surface area (Å²) in [6, 6.07) is 8.64. The Morgan fingerprint density at radius 2 is 1.00 bits per heavy atom. The lowest BCUT2D eigenvalue weighted by molar-refractivity contribution is 0.260. The Labute approximate surface area is 163 Å². The van der Waals surface area contributed by atoms with Gasteiger partial charge in [-0.15, -0.1) is 0 Å². The van der Waals surface area contributed by atoms with Gasteiger partial charge in [0.25, 0.3) is 0 Å². The van der Waals surface area contributed by atoms with Crippen LogP contribution in [0.5, 0.6) is 11.5 Å². The number of benzene rings is 2. The zero-order valence-electron chi connectivity index (χ0n) is 15.7. The van der Waals surface area contributed by atoms with E-state index in [-0.39, 0.29) is 12.2 Å². The Kier molecular flexibility index (Phi) is 4.19. The molecule has 4 saturated heterocycles. The van der Waals surface area contributed by atoms with E-state index in [1.54, 1.807) is 0 Å². The van der Waals surface area contributed by atoms with Crippen LogP contribution < -0.4 is 9.47 Å². The van der Waals surface area contributed by atoms with E-state index in [1.165, 1.54) is 11.1 Å². The lowest BCUT2D eigenvalue weighted by Gasteiger charge is -2.18. The van der Waals surface area contributed by atoms with E-state index >= 15 is 0 Å². The average molecular weight is 384 g/mol. The van der Waals surface area contributed by atoms with Crippen LogP contribution in [0.25, 0.3) is 10.8 Å².